The van der Waals surface area contributed by atoms with Crippen molar-refractivity contribution in [3.63, 3.8) is 0 Å². The average Bonchev–Trinajstić information content (AvgIpc) is 2.17. The molecule has 0 amide bonds. The number of ether oxygens (including phenoxy) is 1. The molecule has 13 heavy (non-hydrogen) atoms. The molecule has 0 fully saturated rings. The van der Waals surface area contributed by atoms with Crippen molar-refractivity contribution in [3.8, 4) is 0 Å². The molecule has 3 heteroatoms. The van der Waals surface area contributed by atoms with Gasteiger partial charge in [-0.2, -0.15) is 0 Å². The first-order valence-corrected chi connectivity index (χ1v) is 4.76. The quantitative estimate of drug-likeness (QED) is 0.453. The first-order chi connectivity index (χ1) is 6.33. The molecule has 0 unspecified atom stereocenters. The Morgan fingerprint density at radius 2 is 2.00 bits per heavy atom. The van der Waals surface area contributed by atoms with E-state index in [4.69, 9.17) is 0 Å². The van der Waals surface area contributed by atoms with Gasteiger partial charge in [0.05, 0.1) is 0 Å². The summed E-state index contributed by atoms with van der Waals surface area (Å²) in [5.74, 6) is -0.0352. The van der Waals surface area contributed by atoms with Crippen LogP contribution in [0.4, 0.5) is 0 Å². The lowest BCUT2D eigenvalue weighted by atomic mass is 10.1. The molecule has 2 nitrogen and oxygen atoms in total. The molecule has 0 aliphatic carbocycles. The summed E-state index contributed by atoms with van der Waals surface area (Å²) in [5.41, 5.74) is 1.15. The summed E-state index contributed by atoms with van der Waals surface area (Å²) in [6.45, 7) is 0. The van der Waals surface area contributed by atoms with Crippen molar-refractivity contribution in [3.05, 3.63) is 35.9 Å². The second-order valence-corrected chi connectivity index (χ2v) is 2.89. The lowest BCUT2D eigenvalue weighted by Crippen LogP contribution is -2.04. The third-order valence-electron chi connectivity index (χ3n) is 1.69. The van der Waals surface area contributed by atoms with Gasteiger partial charge in [-0.3, -0.25) is 4.79 Å². The summed E-state index contributed by atoms with van der Waals surface area (Å²) in [5, 5.41) is 0. The largest absolute Gasteiger partial charge is 0.455 e. The number of carbonyl (C=O) groups excluding carboxylic acids is 1. The number of esters is 1. The van der Waals surface area contributed by atoms with Crippen LogP contribution in [0.2, 0.25) is 0 Å². The fourth-order valence-electron chi connectivity index (χ4n) is 1.04. The predicted octanol–water partition coefficient (Wildman–Crippen LogP) is 2.05. The van der Waals surface area contributed by atoms with Gasteiger partial charge >= 0.3 is 5.97 Å². The molecule has 0 bridgehead atoms. The minimum Gasteiger partial charge on any atom is -0.455 e. The van der Waals surface area contributed by atoms with Gasteiger partial charge in [0, 0.05) is 6.42 Å². The van der Waals surface area contributed by atoms with E-state index in [0.717, 1.165) is 12.0 Å². The van der Waals surface area contributed by atoms with Gasteiger partial charge in [-0.05, 0) is 12.0 Å². The standard InChI is InChI=1S/C10H12O2S/c11-10(12-8-13)7-6-9-4-2-1-3-5-9/h1-5,13H,6-8H2. The Kier molecular flexibility index (Phi) is 4.40. The molecule has 0 saturated heterocycles. The molecule has 0 atom stereocenters. The fraction of sp³-hybridized carbons (Fsp3) is 0.300. The number of carbonyl (C=O) groups is 1. The van der Waals surface area contributed by atoms with Gasteiger partial charge in [0.25, 0.3) is 0 Å². The minimum atomic E-state index is -0.196. The highest BCUT2D eigenvalue weighted by Crippen LogP contribution is 2.03. The van der Waals surface area contributed by atoms with Crippen molar-refractivity contribution < 1.29 is 9.53 Å². The Morgan fingerprint density at radius 3 is 2.62 bits per heavy atom. The second-order valence-electron chi connectivity index (χ2n) is 2.63. The Hall–Kier alpha value is -0.960. The molecule has 0 aromatic heterocycles. The maximum Gasteiger partial charge on any atom is 0.306 e. The van der Waals surface area contributed by atoms with Crippen LogP contribution in [0.15, 0.2) is 30.3 Å². The molecule has 1 aromatic rings. The SMILES string of the molecule is O=C(CCc1ccccc1)OCS. The number of hydrogen-bond donors (Lipinski definition) is 1. The van der Waals surface area contributed by atoms with Crippen LogP contribution in [-0.2, 0) is 16.0 Å². The first kappa shape index (κ1) is 10.1. The van der Waals surface area contributed by atoms with Crippen LogP contribution in [0.5, 0.6) is 0 Å². The molecule has 0 N–H and O–H groups in total. The molecule has 0 heterocycles. The smallest absolute Gasteiger partial charge is 0.306 e. The molecular formula is C10H12O2S. The minimum absolute atomic E-state index is 0.160. The number of aryl methyl sites for hydroxylation is 1. The van der Waals surface area contributed by atoms with Gasteiger partial charge in [-0.1, -0.05) is 30.3 Å². The molecule has 0 aliphatic heterocycles. The van der Waals surface area contributed by atoms with Crippen molar-refractivity contribution in [1.82, 2.24) is 0 Å². The van der Waals surface area contributed by atoms with Crippen molar-refractivity contribution in [2.24, 2.45) is 0 Å². The maximum absolute atomic E-state index is 10.9. The molecule has 0 radical (unpaired) electrons. The zero-order valence-corrected chi connectivity index (χ0v) is 8.17. The molecule has 0 aliphatic rings. The van der Waals surface area contributed by atoms with Gasteiger partial charge in [0.1, 0.15) is 5.94 Å². The average molecular weight is 196 g/mol. The Morgan fingerprint density at radius 1 is 1.31 bits per heavy atom. The van der Waals surface area contributed by atoms with Gasteiger partial charge in [0.15, 0.2) is 0 Å². The van der Waals surface area contributed by atoms with Crippen molar-refractivity contribution >= 4 is 18.6 Å². The highest BCUT2D eigenvalue weighted by molar-refractivity contribution is 7.80. The third kappa shape index (κ3) is 3.99. The van der Waals surface area contributed by atoms with Crippen molar-refractivity contribution in [1.29, 1.82) is 0 Å². The number of rotatable bonds is 4. The normalized spacial score (nSPS) is 9.62. The van der Waals surface area contributed by atoms with Crippen molar-refractivity contribution in [2.75, 3.05) is 5.94 Å². The summed E-state index contributed by atoms with van der Waals surface area (Å²) in [6.07, 6.45) is 1.15. The van der Waals surface area contributed by atoms with E-state index >= 15 is 0 Å². The van der Waals surface area contributed by atoms with E-state index in [0.29, 0.717) is 6.42 Å². The fourth-order valence-corrected chi connectivity index (χ4v) is 1.18. The Labute approximate surface area is 83.3 Å². The van der Waals surface area contributed by atoms with Crippen LogP contribution < -0.4 is 0 Å². The van der Waals surface area contributed by atoms with Gasteiger partial charge in [-0.25, -0.2) is 0 Å². The molecule has 70 valence electrons. The third-order valence-corrected chi connectivity index (χ3v) is 1.82. The predicted molar refractivity (Wildman–Crippen MR) is 54.7 cm³/mol. The van der Waals surface area contributed by atoms with E-state index in [1.165, 1.54) is 0 Å². The second kappa shape index (κ2) is 5.65. The van der Waals surface area contributed by atoms with Crippen LogP contribution >= 0.6 is 12.6 Å². The van der Waals surface area contributed by atoms with Crippen molar-refractivity contribution in [2.45, 2.75) is 12.8 Å². The summed E-state index contributed by atoms with van der Waals surface area (Å²) >= 11 is 3.80. The van der Waals surface area contributed by atoms with Gasteiger partial charge in [0.2, 0.25) is 0 Å². The molecule has 1 rings (SSSR count). The van der Waals surface area contributed by atoms with Gasteiger partial charge in [-0.15, -0.1) is 12.6 Å². The zero-order valence-electron chi connectivity index (χ0n) is 7.27. The first-order valence-electron chi connectivity index (χ1n) is 4.13. The van der Waals surface area contributed by atoms with E-state index in [9.17, 15) is 4.79 Å². The van der Waals surface area contributed by atoms with E-state index in [-0.39, 0.29) is 11.9 Å². The maximum atomic E-state index is 10.9. The van der Waals surface area contributed by atoms with Crippen LogP contribution in [0.25, 0.3) is 0 Å². The highest BCUT2D eigenvalue weighted by Gasteiger charge is 2.01. The Balaban J connectivity index is 2.31. The van der Waals surface area contributed by atoms with E-state index in [1.807, 2.05) is 30.3 Å². The molecule has 0 saturated carbocycles. The number of thiol groups is 1. The molecule has 0 spiro atoms. The summed E-state index contributed by atoms with van der Waals surface area (Å²) < 4.78 is 4.69. The molecular weight excluding hydrogens is 184 g/mol. The van der Waals surface area contributed by atoms with Gasteiger partial charge < -0.3 is 4.74 Å². The summed E-state index contributed by atoms with van der Waals surface area (Å²) in [4.78, 5) is 10.9. The van der Waals surface area contributed by atoms with Crippen LogP contribution in [-0.4, -0.2) is 11.9 Å². The lowest BCUT2D eigenvalue weighted by Gasteiger charge is -2.00. The van der Waals surface area contributed by atoms with E-state index < -0.39 is 0 Å². The van der Waals surface area contributed by atoms with Crippen LogP contribution in [0.1, 0.15) is 12.0 Å². The van der Waals surface area contributed by atoms with E-state index in [1.54, 1.807) is 0 Å². The highest BCUT2D eigenvalue weighted by atomic mass is 32.1. The van der Waals surface area contributed by atoms with Crippen LogP contribution in [0, 0.1) is 0 Å². The monoisotopic (exact) mass is 196 g/mol. The zero-order chi connectivity index (χ0) is 9.52. The Bertz CT molecular complexity index is 259. The van der Waals surface area contributed by atoms with E-state index in [2.05, 4.69) is 17.4 Å². The number of hydrogen-bond acceptors (Lipinski definition) is 3. The summed E-state index contributed by atoms with van der Waals surface area (Å²) in [6, 6.07) is 9.86. The molecule has 1 aromatic carbocycles. The summed E-state index contributed by atoms with van der Waals surface area (Å²) in [7, 11) is 0. The number of benzene rings is 1. The van der Waals surface area contributed by atoms with Crippen LogP contribution in [0.3, 0.4) is 0 Å². The topological polar surface area (TPSA) is 26.3 Å². The lowest BCUT2D eigenvalue weighted by molar-refractivity contribution is -0.141.